The molecule has 0 heterocycles. The zero-order valence-electron chi connectivity index (χ0n) is 20.2. The van der Waals surface area contributed by atoms with Gasteiger partial charge in [-0.25, -0.2) is 30.0 Å². The fraction of sp³-hybridized carbons (Fsp3) is 0.333. The van der Waals surface area contributed by atoms with E-state index in [9.17, 15) is 19.2 Å². The minimum Gasteiger partial charge on any atom is -0.450 e. The molecule has 0 unspecified atom stereocenters. The van der Waals surface area contributed by atoms with E-state index >= 15 is 0 Å². The standard InChI is InChI=1S/C24H32N6O6/c1-3-35-23(33)27-19(15-17-11-7-5-8-12-17)25-21(31)29-30-22(32)26-20(28-24(34)36-4-2)16-18-13-9-6-10-14-18/h5-14,19-20H,3-4,15-16H2,1-2H3,(H,27,33)(H,28,34)(H2,25,29,31)(H2,26,30,32)/t19-,20-/m0/s1. The Hall–Kier alpha value is -4.48. The second-order valence-electron chi connectivity index (χ2n) is 7.41. The number of hydrazine groups is 1. The zero-order valence-corrected chi connectivity index (χ0v) is 20.2. The molecule has 0 bridgehead atoms. The number of carbonyl (C=O) groups excluding carboxylic acids is 4. The summed E-state index contributed by atoms with van der Waals surface area (Å²) in [5.74, 6) is 0. The van der Waals surface area contributed by atoms with Crippen LogP contribution in [0.4, 0.5) is 19.2 Å². The summed E-state index contributed by atoms with van der Waals surface area (Å²) in [6, 6.07) is 16.8. The number of urea groups is 2. The smallest absolute Gasteiger partial charge is 0.408 e. The molecule has 2 rings (SSSR count). The quantitative estimate of drug-likeness (QED) is 0.217. The van der Waals surface area contributed by atoms with Crippen molar-refractivity contribution >= 4 is 24.2 Å². The van der Waals surface area contributed by atoms with Crippen molar-refractivity contribution in [2.45, 2.75) is 39.0 Å². The van der Waals surface area contributed by atoms with Crippen LogP contribution in [0.3, 0.4) is 0 Å². The maximum atomic E-state index is 12.4. The van der Waals surface area contributed by atoms with Crippen LogP contribution in [0, 0.1) is 0 Å². The van der Waals surface area contributed by atoms with Crippen LogP contribution in [0.25, 0.3) is 0 Å². The molecule has 0 spiro atoms. The van der Waals surface area contributed by atoms with E-state index in [0.717, 1.165) is 11.1 Å². The number of hydrogen-bond acceptors (Lipinski definition) is 6. The van der Waals surface area contributed by atoms with Gasteiger partial charge in [-0.15, -0.1) is 0 Å². The topological polar surface area (TPSA) is 159 Å². The summed E-state index contributed by atoms with van der Waals surface area (Å²) in [5, 5.41) is 10.2. The molecule has 0 fully saturated rings. The van der Waals surface area contributed by atoms with Crippen molar-refractivity contribution in [1.29, 1.82) is 0 Å². The maximum Gasteiger partial charge on any atom is 0.408 e. The van der Waals surface area contributed by atoms with Crippen LogP contribution in [-0.4, -0.2) is 49.8 Å². The third-order valence-electron chi connectivity index (χ3n) is 4.60. The number of hydrogen-bond donors (Lipinski definition) is 6. The molecule has 6 amide bonds. The third kappa shape index (κ3) is 11.1. The van der Waals surface area contributed by atoms with Gasteiger partial charge in [0.1, 0.15) is 12.3 Å². The largest absolute Gasteiger partial charge is 0.450 e. The van der Waals surface area contributed by atoms with Gasteiger partial charge in [-0.3, -0.25) is 0 Å². The van der Waals surface area contributed by atoms with E-state index in [1.54, 1.807) is 13.8 Å². The van der Waals surface area contributed by atoms with Crippen molar-refractivity contribution in [3.8, 4) is 0 Å². The van der Waals surface area contributed by atoms with Crippen molar-refractivity contribution < 1.29 is 28.7 Å². The predicted octanol–water partition coefficient (Wildman–Crippen LogP) is 2.13. The van der Waals surface area contributed by atoms with Gasteiger partial charge in [-0.2, -0.15) is 0 Å². The Balaban J connectivity index is 1.91. The summed E-state index contributed by atoms with van der Waals surface area (Å²) < 4.78 is 9.77. The van der Waals surface area contributed by atoms with Gasteiger partial charge in [0.25, 0.3) is 0 Å². The highest BCUT2D eigenvalue weighted by atomic mass is 16.6. The zero-order chi connectivity index (χ0) is 26.2. The number of rotatable bonds is 10. The fourth-order valence-corrected chi connectivity index (χ4v) is 3.11. The molecule has 0 aliphatic carbocycles. The summed E-state index contributed by atoms with van der Waals surface area (Å²) in [6.45, 7) is 3.66. The molecule has 6 N–H and O–H groups in total. The summed E-state index contributed by atoms with van der Waals surface area (Å²) in [7, 11) is 0. The lowest BCUT2D eigenvalue weighted by molar-refractivity contribution is 0.144. The van der Waals surface area contributed by atoms with Crippen molar-refractivity contribution in [3.05, 3.63) is 71.8 Å². The van der Waals surface area contributed by atoms with Crippen LogP contribution in [0.2, 0.25) is 0 Å². The highest BCUT2D eigenvalue weighted by Gasteiger charge is 2.19. The van der Waals surface area contributed by atoms with E-state index in [1.807, 2.05) is 60.7 Å². The average Bonchev–Trinajstić information content (AvgIpc) is 2.84. The molecule has 36 heavy (non-hydrogen) atoms. The highest BCUT2D eigenvalue weighted by molar-refractivity contribution is 5.81. The molecule has 0 radical (unpaired) electrons. The van der Waals surface area contributed by atoms with Crippen LogP contribution < -0.4 is 32.1 Å². The number of nitrogens with one attached hydrogen (secondary N) is 6. The van der Waals surface area contributed by atoms with Crippen molar-refractivity contribution in [2.75, 3.05) is 13.2 Å². The second kappa shape index (κ2) is 15.4. The van der Waals surface area contributed by atoms with E-state index in [0.29, 0.717) is 0 Å². The van der Waals surface area contributed by atoms with Gasteiger partial charge >= 0.3 is 24.2 Å². The van der Waals surface area contributed by atoms with Crippen LogP contribution in [0.5, 0.6) is 0 Å². The van der Waals surface area contributed by atoms with Gasteiger partial charge in [0.05, 0.1) is 13.2 Å². The normalized spacial score (nSPS) is 11.7. The minimum absolute atomic E-state index is 0.168. The Morgan fingerprint density at radius 1 is 0.611 bits per heavy atom. The van der Waals surface area contributed by atoms with Gasteiger partial charge < -0.3 is 30.7 Å². The number of alkyl carbamates (subject to hydrolysis) is 2. The Morgan fingerprint density at radius 3 is 1.31 bits per heavy atom. The molecule has 0 saturated heterocycles. The molecule has 0 aliphatic rings. The van der Waals surface area contributed by atoms with Crippen LogP contribution >= 0.6 is 0 Å². The first-order chi connectivity index (χ1) is 17.4. The Kier molecular flexibility index (Phi) is 11.9. The Morgan fingerprint density at radius 2 is 0.972 bits per heavy atom. The fourth-order valence-electron chi connectivity index (χ4n) is 3.11. The molecule has 0 aromatic heterocycles. The van der Waals surface area contributed by atoms with Gasteiger partial charge in [0.15, 0.2) is 0 Å². The first-order valence-electron chi connectivity index (χ1n) is 11.5. The molecule has 2 atom stereocenters. The number of benzene rings is 2. The first-order valence-corrected chi connectivity index (χ1v) is 11.5. The summed E-state index contributed by atoms with van der Waals surface area (Å²) >= 11 is 0. The molecule has 12 nitrogen and oxygen atoms in total. The molecule has 194 valence electrons. The van der Waals surface area contributed by atoms with E-state index in [4.69, 9.17) is 9.47 Å². The van der Waals surface area contributed by atoms with Gasteiger partial charge in [-0.05, 0) is 25.0 Å². The molecule has 12 heteroatoms. The van der Waals surface area contributed by atoms with Gasteiger partial charge in [0, 0.05) is 12.8 Å². The second-order valence-corrected chi connectivity index (χ2v) is 7.41. The van der Waals surface area contributed by atoms with Crippen molar-refractivity contribution in [3.63, 3.8) is 0 Å². The number of ether oxygens (including phenoxy) is 2. The first kappa shape index (κ1) is 27.8. The van der Waals surface area contributed by atoms with Gasteiger partial charge in [-0.1, -0.05) is 60.7 Å². The van der Waals surface area contributed by atoms with Crippen molar-refractivity contribution in [2.24, 2.45) is 0 Å². The highest BCUT2D eigenvalue weighted by Crippen LogP contribution is 2.03. The lowest BCUT2D eigenvalue weighted by atomic mass is 10.1. The van der Waals surface area contributed by atoms with Gasteiger partial charge in [0.2, 0.25) is 0 Å². The minimum atomic E-state index is -0.812. The van der Waals surface area contributed by atoms with Crippen LogP contribution in [0.1, 0.15) is 25.0 Å². The molecule has 2 aromatic rings. The number of amides is 6. The average molecular weight is 501 g/mol. The van der Waals surface area contributed by atoms with E-state index in [1.165, 1.54) is 0 Å². The molecule has 0 aliphatic heterocycles. The summed E-state index contributed by atoms with van der Waals surface area (Å²) in [6.07, 6.45) is -2.46. The Bertz CT molecular complexity index is 896. The lowest BCUT2D eigenvalue weighted by Gasteiger charge is -2.22. The summed E-state index contributed by atoms with van der Waals surface area (Å²) in [4.78, 5) is 48.5. The molecule has 0 saturated carbocycles. The SMILES string of the molecule is CCOC(=O)N[C@@H](Cc1ccccc1)NC(=O)NNC(=O)N[C@H](Cc1ccccc1)NC(=O)OCC. The lowest BCUT2D eigenvalue weighted by Crippen LogP contribution is -2.59. The van der Waals surface area contributed by atoms with Crippen LogP contribution in [-0.2, 0) is 22.3 Å². The molecular formula is C24H32N6O6. The predicted molar refractivity (Wildman–Crippen MR) is 132 cm³/mol. The molecule has 2 aromatic carbocycles. The van der Waals surface area contributed by atoms with E-state index < -0.39 is 36.6 Å². The van der Waals surface area contributed by atoms with Crippen LogP contribution in [0.15, 0.2) is 60.7 Å². The molecular weight excluding hydrogens is 468 g/mol. The van der Waals surface area contributed by atoms with Crippen molar-refractivity contribution in [1.82, 2.24) is 32.1 Å². The van der Waals surface area contributed by atoms with E-state index in [2.05, 4.69) is 32.1 Å². The maximum absolute atomic E-state index is 12.4. The summed E-state index contributed by atoms with van der Waals surface area (Å²) in [5.41, 5.74) is 6.13. The Labute approximate surface area is 209 Å². The van der Waals surface area contributed by atoms with E-state index in [-0.39, 0.29) is 26.1 Å². The monoisotopic (exact) mass is 500 g/mol. The number of carbonyl (C=O) groups is 4. The third-order valence-corrected chi connectivity index (χ3v) is 4.60.